The van der Waals surface area contributed by atoms with Crippen molar-refractivity contribution >= 4 is 23.5 Å². The summed E-state index contributed by atoms with van der Waals surface area (Å²) in [6.45, 7) is 8.38. The van der Waals surface area contributed by atoms with Gasteiger partial charge in [0.25, 0.3) is 6.47 Å². The smallest absolute Gasteiger partial charge is 0.304 e. The maximum absolute atomic E-state index is 12.1. The van der Waals surface area contributed by atoms with Crippen molar-refractivity contribution in [3.05, 3.63) is 81.9 Å². The Morgan fingerprint density at radius 1 is 1.21 bits per heavy atom. The third-order valence-electron chi connectivity index (χ3n) is 7.86. The monoisotopic (exact) mass is 574 g/mol. The van der Waals surface area contributed by atoms with Crippen LogP contribution >= 0.6 is 0 Å². The fraction of sp³-hybridized carbons (Fsp3) is 0.375. The predicted octanol–water partition coefficient (Wildman–Crippen LogP) is 5.07. The molecule has 0 radical (unpaired) electrons. The molecule has 0 aliphatic carbocycles. The number of aromatic nitrogens is 3. The lowest BCUT2D eigenvalue weighted by atomic mass is 9.84. The second-order valence-electron chi connectivity index (χ2n) is 10.6. The van der Waals surface area contributed by atoms with Gasteiger partial charge in [-0.1, -0.05) is 48.5 Å². The van der Waals surface area contributed by atoms with Gasteiger partial charge in [-0.3, -0.25) is 14.5 Å². The number of methoxy groups -OCH3 is 1. The minimum Gasteiger partial charge on any atom is -0.494 e. The number of carbonyl (C=O) groups is 2. The molecule has 2 atom stereocenters. The number of ether oxygens (including phenoxy) is 2. The number of benzene rings is 3. The van der Waals surface area contributed by atoms with E-state index < -0.39 is 5.97 Å². The Balaban J connectivity index is 0.00000129. The number of para-hydroxylation sites is 1. The Labute approximate surface area is 245 Å². The maximum atomic E-state index is 12.1. The minimum absolute atomic E-state index is 0.0406. The lowest BCUT2D eigenvalue weighted by Gasteiger charge is -2.25. The second kappa shape index (κ2) is 13.5. The molecule has 1 aliphatic heterocycles. The number of carboxylic acid groups (broad SMARTS) is 2. The summed E-state index contributed by atoms with van der Waals surface area (Å²) < 4.78 is 13.7. The highest BCUT2D eigenvalue weighted by Gasteiger charge is 2.26. The summed E-state index contributed by atoms with van der Waals surface area (Å²) >= 11 is 0. The van der Waals surface area contributed by atoms with Gasteiger partial charge in [0, 0.05) is 38.2 Å². The fourth-order valence-electron chi connectivity index (χ4n) is 5.65. The van der Waals surface area contributed by atoms with Gasteiger partial charge in [-0.05, 0) is 60.2 Å². The van der Waals surface area contributed by atoms with E-state index in [-0.39, 0.29) is 24.9 Å². The largest absolute Gasteiger partial charge is 0.494 e. The van der Waals surface area contributed by atoms with E-state index in [4.69, 9.17) is 19.4 Å². The van der Waals surface area contributed by atoms with Gasteiger partial charge in [0.15, 0.2) is 0 Å². The van der Waals surface area contributed by atoms with E-state index in [2.05, 4.69) is 65.5 Å². The number of hydrogen-bond donors (Lipinski definition) is 2. The highest BCUT2D eigenvalue weighted by Crippen LogP contribution is 2.38. The van der Waals surface area contributed by atoms with Crippen LogP contribution in [0, 0.1) is 13.8 Å². The molecule has 42 heavy (non-hydrogen) atoms. The normalized spacial score (nSPS) is 15.5. The van der Waals surface area contributed by atoms with Gasteiger partial charge >= 0.3 is 5.97 Å². The molecule has 1 unspecified atom stereocenters. The van der Waals surface area contributed by atoms with E-state index in [0.29, 0.717) is 5.75 Å². The average Bonchev–Trinajstić information content (AvgIpc) is 3.26. The topological polar surface area (TPSA) is 127 Å². The number of carboxylic acids is 1. The van der Waals surface area contributed by atoms with Crippen LogP contribution in [-0.4, -0.2) is 62.3 Å². The van der Waals surface area contributed by atoms with Crippen LogP contribution < -0.4 is 9.47 Å². The summed E-state index contributed by atoms with van der Waals surface area (Å²) in [7, 11) is 3.44. The molecule has 4 aromatic rings. The predicted molar refractivity (Wildman–Crippen MR) is 159 cm³/mol. The quantitative estimate of drug-likeness (QED) is 0.277. The molecule has 222 valence electrons. The van der Waals surface area contributed by atoms with E-state index >= 15 is 0 Å². The lowest BCUT2D eigenvalue weighted by Crippen LogP contribution is -2.32. The van der Waals surface area contributed by atoms with Crippen molar-refractivity contribution in [2.24, 2.45) is 7.05 Å². The zero-order chi connectivity index (χ0) is 30.4. The van der Waals surface area contributed by atoms with E-state index in [1.165, 1.54) is 16.7 Å². The number of aliphatic carboxylic acids is 1. The third kappa shape index (κ3) is 6.54. The first kappa shape index (κ1) is 30.5. The van der Waals surface area contributed by atoms with E-state index in [1.807, 2.05) is 26.1 Å². The van der Waals surface area contributed by atoms with Gasteiger partial charge in [0.1, 0.15) is 28.6 Å². The first-order chi connectivity index (χ1) is 20.2. The second-order valence-corrected chi connectivity index (χ2v) is 10.6. The molecule has 10 heteroatoms. The van der Waals surface area contributed by atoms with E-state index in [0.717, 1.165) is 59.5 Å². The maximum Gasteiger partial charge on any atom is 0.304 e. The summed E-state index contributed by atoms with van der Waals surface area (Å²) in [6.07, 6.45) is 1.00. The molecule has 0 spiro atoms. The molecule has 3 aromatic carbocycles. The molecule has 5 rings (SSSR count). The number of rotatable bonds is 8. The molecular formula is C32H38N4O6. The van der Waals surface area contributed by atoms with Crippen LogP contribution in [0.5, 0.6) is 11.5 Å². The molecular weight excluding hydrogens is 536 g/mol. The van der Waals surface area contributed by atoms with Crippen molar-refractivity contribution in [1.29, 1.82) is 0 Å². The Kier molecular flexibility index (Phi) is 9.80. The minimum atomic E-state index is -0.855. The highest BCUT2D eigenvalue weighted by atomic mass is 16.5. The Morgan fingerprint density at radius 3 is 2.64 bits per heavy atom. The zero-order valence-corrected chi connectivity index (χ0v) is 24.7. The van der Waals surface area contributed by atoms with Gasteiger partial charge < -0.3 is 19.7 Å². The van der Waals surface area contributed by atoms with Crippen LogP contribution in [0.2, 0.25) is 0 Å². The number of fused-ring (bicyclic) bond motifs is 2. The third-order valence-corrected chi connectivity index (χ3v) is 7.86. The van der Waals surface area contributed by atoms with Gasteiger partial charge in [0.2, 0.25) is 0 Å². The number of aryl methyl sites for hydroxylation is 3. The van der Waals surface area contributed by atoms with Crippen LogP contribution in [0.15, 0.2) is 48.5 Å². The van der Waals surface area contributed by atoms with Crippen molar-refractivity contribution in [2.45, 2.75) is 58.7 Å². The Hall–Kier alpha value is -4.44. The first-order valence-corrected chi connectivity index (χ1v) is 13.9. The Bertz CT molecular complexity index is 1570. The first-order valence-electron chi connectivity index (χ1n) is 13.9. The molecule has 0 amide bonds. The summed E-state index contributed by atoms with van der Waals surface area (Å²) in [5.74, 6) is 0.378. The van der Waals surface area contributed by atoms with Gasteiger partial charge in [-0.15, -0.1) is 5.10 Å². The molecule has 10 nitrogen and oxygen atoms in total. The molecule has 0 saturated carbocycles. The van der Waals surface area contributed by atoms with Crippen LogP contribution in [0.25, 0.3) is 11.0 Å². The van der Waals surface area contributed by atoms with Crippen molar-refractivity contribution in [2.75, 3.05) is 13.7 Å². The van der Waals surface area contributed by atoms with Crippen LogP contribution in [0.1, 0.15) is 59.1 Å². The van der Waals surface area contributed by atoms with E-state index in [9.17, 15) is 9.90 Å². The van der Waals surface area contributed by atoms with Gasteiger partial charge in [-0.2, -0.15) is 0 Å². The summed E-state index contributed by atoms with van der Waals surface area (Å²) in [5.41, 5.74) is 7.84. The van der Waals surface area contributed by atoms with Crippen molar-refractivity contribution in [1.82, 2.24) is 19.9 Å². The van der Waals surface area contributed by atoms with E-state index in [1.54, 1.807) is 11.8 Å². The molecule has 0 bridgehead atoms. The van der Waals surface area contributed by atoms with Crippen molar-refractivity contribution in [3.8, 4) is 11.5 Å². The molecule has 2 heterocycles. The van der Waals surface area contributed by atoms with Gasteiger partial charge in [-0.25, -0.2) is 4.68 Å². The standard InChI is InChI=1S/C31H36N4O4.CH2O2/c1-6-24-18-35(16-22-9-7-8-10-27(22)39-24)17-23-13-21(12-11-19(23)2)26(15-29(36)37)25-14-28(38-5)31-30(20(25)3)32-33-34(31)4;2-1-3/h7-14,24,26H,6,15-18H2,1-5H3,(H,36,37);1H,(H,2,3)/t24-,26?;/m1./s1. The van der Waals surface area contributed by atoms with Crippen molar-refractivity contribution in [3.63, 3.8) is 0 Å². The highest BCUT2D eigenvalue weighted by molar-refractivity contribution is 5.86. The zero-order valence-electron chi connectivity index (χ0n) is 24.7. The van der Waals surface area contributed by atoms with Crippen LogP contribution in [-0.2, 0) is 29.7 Å². The molecule has 2 N–H and O–H groups in total. The van der Waals surface area contributed by atoms with Crippen LogP contribution in [0.4, 0.5) is 0 Å². The van der Waals surface area contributed by atoms with Crippen LogP contribution in [0.3, 0.4) is 0 Å². The Morgan fingerprint density at radius 2 is 1.95 bits per heavy atom. The number of hydrogen-bond acceptors (Lipinski definition) is 7. The molecule has 0 saturated heterocycles. The van der Waals surface area contributed by atoms with Gasteiger partial charge in [0.05, 0.1) is 13.5 Å². The summed E-state index contributed by atoms with van der Waals surface area (Å²) in [5, 5.41) is 25.4. The lowest BCUT2D eigenvalue weighted by molar-refractivity contribution is -0.137. The summed E-state index contributed by atoms with van der Waals surface area (Å²) in [4.78, 5) is 22.9. The SMILES string of the molecule is CC[C@@H]1CN(Cc2cc(C(CC(=O)O)c3cc(OC)c4c(nnn4C)c3C)ccc2C)Cc2ccccc2O1.O=CO. The average molecular weight is 575 g/mol. The fourth-order valence-corrected chi connectivity index (χ4v) is 5.65. The molecule has 0 fully saturated rings. The molecule has 1 aromatic heterocycles. The molecule has 1 aliphatic rings. The van der Waals surface area contributed by atoms with Crippen molar-refractivity contribution < 1.29 is 29.3 Å². The number of nitrogens with zero attached hydrogens (tertiary/aromatic N) is 4. The summed E-state index contributed by atoms with van der Waals surface area (Å²) in [6, 6.07) is 16.5.